The van der Waals surface area contributed by atoms with Gasteiger partial charge in [-0.15, -0.1) is 0 Å². The second kappa shape index (κ2) is 6.91. The minimum Gasteiger partial charge on any atom is -0.543 e. The van der Waals surface area contributed by atoms with Crippen molar-refractivity contribution in [3.05, 3.63) is 22.7 Å². The summed E-state index contributed by atoms with van der Waals surface area (Å²) in [5, 5.41) is -0.0166. The summed E-state index contributed by atoms with van der Waals surface area (Å²) in [6, 6.07) is 3.10. The monoisotopic (exact) mass is 353 g/mol. The Balaban J connectivity index is 3.18. The number of anilines is 1. The zero-order valence-electron chi connectivity index (χ0n) is 12.7. The number of carbonyl (C=O) groups excluding carboxylic acids is 1. The van der Waals surface area contributed by atoms with Crippen molar-refractivity contribution < 1.29 is 22.4 Å². The van der Waals surface area contributed by atoms with Crippen LogP contribution in [-0.2, 0) is 0 Å². The Morgan fingerprint density at radius 3 is 2.45 bits per heavy atom. The Morgan fingerprint density at radius 1 is 1.36 bits per heavy atom. The largest absolute Gasteiger partial charge is 0.543 e. The maximum Gasteiger partial charge on any atom is 0.454 e. The number of hydrogen-bond acceptors (Lipinski definition) is 3. The topological polar surface area (TPSA) is 52.3 Å². The number of halogens is 4. The molecule has 0 unspecified atom stereocenters. The van der Waals surface area contributed by atoms with Gasteiger partial charge in [0.05, 0.1) is 11.3 Å². The molecule has 0 bridgehead atoms. The van der Waals surface area contributed by atoms with Crippen molar-refractivity contribution in [2.75, 3.05) is 5.73 Å². The molecule has 0 aliphatic heterocycles. The van der Waals surface area contributed by atoms with Crippen LogP contribution in [0.5, 0.6) is 5.75 Å². The minimum absolute atomic E-state index is 0.0166. The fourth-order valence-electron chi connectivity index (χ4n) is 1.97. The van der Waals surface area contributed by atoms with Crippen molar-refractivity contribution >= 4 is 31.4 Å². The smallest absolute Gasteiger partial charge is 0.454 e. The van der Waals surface area contributed by atoms with Gasteiger partial charge >= 0.3 is 6.18 Å². The van der Waals surface area contributed by atoms with Crippen molar-refractivity contribution in [3.8, 4) is 5.75 Å². The highest BCUT2D eigenvalue weighted by atomic mass is 35.5. The van der Waals surface area contributed by atoms with Gasteiger partial charge in [0.25, 0.3) is 5.78 Å². The molecule has 0 aliphatic carbocycles. The molecule has 0 radical (unpaired) electrons. The third kappa shape index (κ3) is 4.91. The van der Waals surface area contributed by atoms with Gasteiger partial charge in [0.2, 0.25) is 8.32 Å². The molecule has 0 atom stereocenters. The van der Waals surface area contributed by atoms with Gasteiger partial charge in [0.15, 0.2) is 0 Å². The highest BCUT2D eigenvalue weighted by molar-refractivity contribution is 6.71. The minimum atomic E-state index is -5.01. The first kappa shape index (κ1) is 18.8. The van der Waals surface area contributed by atoms with Gasteiger partial charge in [-0.25, -0.2) is 0 Å². The summed E-state index contributed by atoms with van der Waals surface area (Å²) in [5.41, 5.74) is 4.72. The number of benzene rings is 1. The van der Waals surface area contributed by atoms with Gasteiger partial charge in [-0.3, -0.25) is 4.79 Å². The van der Waals surface area contributed by atoms with Gasteiger partial charge in [-0.1, -0.05) is 31.4 Å². The van der Waals surface area contributed by atoms with Crippen molar-refractivity contribution in [2.24, 2.45) is 0 Å². The Labute approximate surface area is 133 Å². The van der Waals surface area contributed by atoms with E-state index < -0.39 is 25.8 Å². The lowest BCUT2D eigenvalue weighted by molar-refractivity contribution is -0.0884. The lowest BCUT2D eigenvalue weighted by atomic mass is 10.1. The van der Waals surface area contributed by atoms with Crippen LogP contribution < -0.4 is 10.2 Å². The number of hydrogen-bond donors (Lipinski definition) is 1. The van der Waals surface area contributed by atoms with Crippen LogP contribution in [0.25, 0.3) is 0 Å². The van der Waals surface area contributed by atoms with Gasteiger partial charge in [-0.05, 0) is 31.3 Å². The molecule has 1 aromatic carbocycles. The Hall–Kier alpha value is -1.21. The Morgan fingerprint density at radius 2 is 1.95 bits per heavy atom. The van der Waals surface area contributed by atoms with Crippen LogP contribution >= 0.6 is 11.6 Å². The molecule has 1 rings (SSSR count). The molecule has 124 valence electrons. The molecule has 3 nitrogen and oxygen atoms in total. The van der Waals surface area contributed by atoms with Gasteiger partial charge in [-0.2, -0.15) is 13.2 Å². The van der Waals surface area contributed by atoms with Crippen molar-refractivity contribution in [2.45, 2.75) is 45.1 Å². The molecule has 8 heteroatoms. The summed E-state index contributed by atoms with van der Waals surface area (Å²) in [5.74, 6) is -1.97. The van der Waals surface area contributed by atoms with E-state index in [9.17, 15) is 18.0 Å². The lowest BCUT2D eigenvalue weighted by Crippen LogP contribution is -2.34. The standard InChI is InChI=1S/C14H19ClF3NO2Si/c1-4-5-6-22(2,3)21-11-8-9(15)7-10(12(11)19)13(20)14(16,17)18/h7-8H,4-6,19H2,1-3H3. The second-order valence-electron chi connectivity index (χ2n) is 5.66. The van der Waals surface area contributed by atoms with Crippen molar-refractivity contribution in [3.63, 3.8) is 0 Å². The molecule has 1 aromatic rings. The van der Waals surface area contributed by atoms with Crippen LogP contribution in [0, 0.1) is 0 Å². The van der Waals surface area contributed by atoms with Crippen LogP contribution in [0.4, 0.5) is 18.9 Å². The molecule has 0 saturated carbocycles. The van der Waals surface area contributed by atoms with E-state index in [1.165, 1.54) is 6.07 Å². The second-order valence-corrected chi connectivity index (χ2v) is 10.3. The normalized spacial score (nSPS) is 12.3. The number of alkyl halides is 3. The molecule has 0 heterocycles. The fraction of sp³-hybridized carbons (Fsp3) is 0.500. The molecule has 2 N–H and O–H groups in total. The number of carbonyl (C=O) groups is 1. The SMILES string of the molecule is CCCC[Si](C)(C)Oc1cc(Cl)cc(C(=O)C(F)(F)F)c1N. The zero-order valence-corrected chi connectivity index (χ0v) is 14.4. The number of rotatable bonds is 6. The summed E-state index contributed by atoms with van der Waals surface area (Å²) in [7, 11) is -2.15. The van der Waals surface area contributed by atoms with Crippen LogP contribution in [0.3, 0.4) is 0 Å². The molecule has 0 aromatic heterocycles. The Kier molecular flexibility index (Phi) is 5.92. The summed E-state index contributed by atoms with van der Waals surface area (Å²) in [6.45, 7) is 5.92. The van der Waals surface area contributed by atoms with Gasteiger partial charge in [0.1, 0.15) is 5.75 Å². The third-order valence-electron chi connectivity index (χ3n) is 3.13. The van der Waals surface area contributed by atoms with E-state index in [0.29, 0.717) is 0 Å². The maximum atomic E-state index is 12.6. The Bertz CT molecular complexity index is 562. The molecular weight excluding hydrogens is 335 g/mol. The fourth-order valence-corrected chi connectivity index (χ4v) is 4.25. The summed E-state index contributed by atoms with van der Waals surface area (Å²) in [4.78, 5) is 11.4. The van der Waals surface area contributed by atoms with Crippen molar-refractivity contribution in [1.82, 2.24) is 0 Å². The predicted molar refractivity (Wildman–Crippen MR) is 84.1 cm³/mol. The number of nitrogens with two attached hydrogens (primary N) is 1. The molecule has 0 spiro atoms. The summed E-state index contributed by atoms with van der Waals surface area (Å²) >= 11 is 5.81. The maximum absolute atomic E-state index is 12.6. The average molecular weight is 354 g/mol. The van der Waals surface area contributed by atoms with Crippen LogP contribution in [0.1, 0.15) is 30.1 Å². The van der Waals surface area contributed by atoms with E-state index in [1.807, 2.05) is 20.0 Å². The van der Waals surface area contributed by atoms with E-state index in [2.05, 4.69) is 0 Å². The van der Waals surface area contributed by atoms with E-state index in [-0.39, 0.29) is 16.5 Å². The molecule has 0 amide bonds. The molecule has 22 heavy (non-hydrogen) atoms. The first-order chi connectivity index (χ1) is 9.98. The van der Waals surface area contributed by atoms with E-state index in [0.717, 1.165) is 25.0 Å². The van der Waals surface area contributed by atoms with Crippen molar-refractivity contribution in [1.29, 1.82) is 0 Å². The number of unbranched alkanes of at least 4 members (excludes halogenated alkanes) is 1. The van der Waals surface area contributed by atoms with Gasteiger partial charge in [0, 0.05) is 5.02 Å². The van der Waals surface area contributed by atoms with E-state index >= 15 is 0 Å². The molecule has 0 fully saturated rings. The first-order valence-electron chi connectivity index (χ1n) is 6.87. The predicted octanol–water partition coefficient (Wildman–Crippen LogP) is 5.05. The molecular formula is C14H19ClF3NO2Si. The van der Waals surface area contributed by atoms with E-state index in [4.69, 9.17) is 21.8 Å². The molecule has 0 aliphatic rings. The first-order valence-corrected chi connectivity index (χ1v) is 10.4. The summed E-state index contributed by atoms with van der Waals surface area (Å²) < 4.78 is 43.6. The van der Waals surface area contributed by atoms with Gasteiger partial charge < -0.3 is 10.2 Å². The van der Waals surface area contributed by atoms with E-state index in [1.54, 1.807) is 0 Å². The van der Waals surface area contributed by atoms with Crippen LogP contribution in [0.15, 0.2) is 12.1 Å². The third-order valence-corrected chi connectivity index (χ3v) is 5.68. The van der Waals surface area contributed by atoms with Crippen LogP contribution in [-0.4, -0.2) is 20.3 Å². The number of Topliss-reactive ketones (excluding diaryl/α,β-unsaturated/α-hetero) is 1. The average Bonchev–Trinajstić information content (AvgIpc) is 2.38. The summed E-state index contributed by atoms with van der Waals surface area (Å²) in [6.07, 6.45) is -3.07. The number of nitrogen functional groups attached to an aromatic ring is 1. The highest BCUT2D eigenvalue weighted by Crippen LogP contribution is 2.35. The highest BCUT2D eigenvalue weighted by Gasteiger charge is 2.41. The lowest BCUT2D eigenvalue weighted by Gasteiger charge is -2.25. The zero-order chi connectivity index (χ0) is 17.1. The quantitative estimate of drug-likeness (QED) is 0.442. The van der Waals surface area contributed by atoms with Crippen LogP contribution in [0.2, 0.25) is 24.2 Å². The molecule has 0 saturated heterocycles. The number of ketones is 1.